The lowest BCUT2D eigenvalue weighted by molar-refractivity contribution is -0.144. The molecular formula is C33H64BrNO3. The van der Waals surface area contributed by atoms with Crippen LogP contribution in [0.4, 0.5) is 0 Å². The molecule has 0 saturated heterocycles. The van der Waals surface area contributed by atoms with Gasteiger partial charge in [0.15, 0.2) is 0 Å². The number of nitrogens with zero attached hydrogens (tertiary/aromatic N) is 1. The summed E-state index contributed by atoms with van der Waals surface area (Å²) in [4.78, 5) is 26.7. The highest BCUT2D eigenvalue weighted by molar-refractivity contribution is 9.09. The average molecular weight is 603 g/mol. The zero-order valence-corrected chi connectivity index (χ0v) is 27.5. The largest absolute Gasteiger partial charge is 0.466 e. The Morgan fingerprint density at radius 3 is 1.82 bits per heavy atom. The molecule has 1 unspecified atom stereocenters. The second-order valence-corrected chi connectivity index (χ2v) is 12.6. The number of carbonyl (C=O) groups excluding carboxylic acids is 2. The van der Waals surface area contributed by atoms with E-state index in [-0.39, 0.29) is 17.9 Å². The zero-order chi connectivity index (χ0) is 28.3. The van der Waals surface area contributed by atoms with Gasteiger partial charge in [-0.2, -0.15) is 0 Å². The fraction of sp³-hybridized carbons (Fsp3) is 0.939. The number of hydrogen-bond donors (Lipinski definition) is 0. The number of unbranched alkanes of at least 4 members (excludes halogenated alkanes) is 14. The van der Waals surface area contributed by atoms with Crippen LogP contribution in [0.15, 0.2) is 0 Å². The third-order valence-corrected chi connectivity index (χ3v) is 8.21. The minimum Gasteiger partial charge on any atom is -0.466 e. The van der Waals surface area contributed by atoms with Gasteiger partial charge in [0, 0.05) is 30.8 Å². The Labute approximate surface area is 245 Å². The van der Waals surface area contributed by atoms with Crippen LogP contribution in [0, 0.1) is 5.92 Å². The van der Waals surface area contributed by atoms with E-state index in [1.54, 1.807) is 0 Å². The van der Waals surface area contributed by atoms with Crippen LogP contribution in [-0.2, 0) is 14.3 Å². The Hall–Kier alpha value is -0.580. The number of amides is 1. The molecule has 0 rings (SSSR count). The lowest BCUT2D eigenvalue weighted by atomic mass is 9.97. The molecule has 0 fully saturated rings. The van der Waals surface area contributed by atoms with E-state index >= 15 is 0 Å². The molecule has 0 aromatic carbocycles. The predicted octanol–water partition coefficient (Wildman–Crippen LogP) is 10.4. The van der Waals surface area contributed by atoms with Gasteiger partial charge in [-0.15, -0.1) is 0 Å². The second kappa shape index (κ2) is 28.0. The minimum atomic E-state index is -0.0603. The predicted molar refractivity (Wildman–Crippen MR) is 168 cm³/mol. The van der Waals surface area contributed by atoms with Crippen LogP contribution in [0.1, 0.15) is 169 Å². The van der Waals surface area contributed by atoms with E-state index < -0.39 is 0 Å². The Kier molecular flexibility index (Phi) is 27.5. The van der Waals surface area contributed by atoms with Gasteiger partial charge < -0.3 is 9.64 Å². The van der Waals surface area contributed by atoms with E-state index in [0.717, 1.165) is 62.7 Å². The van der Waals surface area contributed by atoms with E-state index in [1.165, 1.54) is 83.5 Å². The van der Waals surface area contributed by atoms with Gasteiger partial charge in [0.05, 0.1) is 6.61 Å². The first-order valence-electron chi connectivity index (χ1n) is 16.4. The second-order valence-electron chi connectivity index (χ2n) is 11.8. The normalized spacial score (nSPS) is 12.2. The minimum absolute atomic E-state index is 0.0603. The maximum absolute atomic E-state index is 12.6. The summed E-state index contributed by atoms with van der Waals surface area (Å²) in [5, 5.41) is 1.07. The summed E-state index contributed by atoms with van der Waals surface area (Å²) >= 11 is 3.47. The Balaban J connectivity index is 3.61. The van der Waals surface area contributed by atoms with Gasteiger partial charge >= 0.3 is 5.97 Å². The van der Waals surface area contributed by atoms with Crippen molar-refractivity contribution in [2.45, 2.75) is 175 Å². The standard InChI is InChI=1S/C33H64BrNO3/c1-5-6-23-31(4)24-17-12-9-7-8-10-15-22-29-38-33(37)26-19-16-21-28-35(30(2)3)32(36)25-18-13-11-14-20-27-34/h30-31H,5-29H2,1-4H3. The van der Waals surface area contributed by atoms with Crippen molar-refractivity contribution in [3.63, 3.8) is 0 Å². The molecule has 5 heteroatoms. The quantitative estimate of drug-likeness (QED) is 0.0508. The fourth-order valence-electron chi connectivity index (χ4n) is 5.05. The average Bonchev–Trinajstić information content (AvgIpc) is 2.89. The molecule has 0 spiro atoms. The van der Waals surface area contributed by atoms with Gasteiger partial charge in [-0.25, -0.2) is 0 Å². The van der Waals surface area contributed by atoms with Crippen LogP contribution in [-0.4, -0.2) is 41.3 Å². The molecule has 38 heavy (non-hydrogen) atoms. The number of ether oxygens (including phenoxy) is 1. The van der Waals surface area contributed by atoms with Crippen LogP contribution < -0.4 is 0 Å². The SMILES string of the molecule is CCCCC(C)CCCCCCCCCCOC(=O)CCCCCN(C(=O)CCCCCCCBr)C(C)C. The third kappa shape index (κ3) is 24.5. The molecule has 0 heterocycles. The van der Waals surface area contributed by atoms with Crippen molar-refractivity contribution < 1.29 is 14.3 Å². The smallest absolute Gasteiger partial charge is 0.305 e. The van der Waals surface area contributed by atoms with Crippen molar-refractivity contribution in [2.75, 3.05) is 18.5 Å². The molecule has 0 aliphatic heterocycles. The molecule has 226 valence electrons. The molecular weight excluding hydrogens is 538 g/mol. The molecule has 0 aromatic heterocycles. The Morgan fingerprint density at radius 2 is 1.18 bits per heavy atom. The molecule has 0 aromatic rings. The lowest BCUT2D eigenvalue weighted by Crippen LogP contribution is -2.37. The van der Waals surface area contributed by atoms with Gasteiger partial charge in [0.1, 0.15) is 0 Å². The van der Waals surface area contributed by atoms with Crippen molar-refractivity contribution in [1.82, 2.24) is 4.90 Å². The van der Waals surface area contributed by atoms with Crippen LogP contribution in [0.5, 0.6) is 0 Å². The molecule has 0 N–H and O–H groups in total. The zero-order valence-electron chi connectivity index (χ0n) is 25.9. The Bertz CT molecular complexity index is 540. The van der Waals surface area contributed by atoms with E-state index in [9.17, 15) is 9.59 Å². The van der Waals surface area contributed by atoms with E-state index in [1.807, 2.05) is 4.90 Å². The van der Waals surface area contributed by atoms with Crippen molar-refractivity contribution in [2.24, 2.45) is 5.92 Å². The lowest BCUT2D eigenvalue weighted by Gasteiger charge is -2.27. The van der Waals surface area contributed by atoms with Crippen LogP contribution in [0.3, 0.4) is 0 Å². The Morgan fingerprint density at radius 1 is 0.658 bits per heavy atom. The van der Waals surface area contributed by atoms with Crippen molar-refractivity contribution in [3.05, 3.63) is 0 Å². The molecule has 0 aliphatic rings. The van der Waals surface area contributed by atoms with Crippen LogP contribution in [0.2, 0.25) is 0 Å². The molecule has 1 atom stereocenters. The number of carbonyl (C=O) groups is 2. The first-order chi connectivity index (χ1) is 18.4. The molecule has 0 aliphatic carbocycles. The van der Waals surface area contributed by atoms with Crippen molar-refractivity contribution in [1.29, 1.82) is 0 Å². The summed E-state index contributed by atoms with van der Waals surface area (Å²) in [5.74, 6) is 1.13. The number of esters is 1. The van der Waals surface area contributed by atoms with Gasteiger partial charge in [-0.3, -0.25) is 9.59 Å². The monoisotopic (exact) mass is 601 g/mol. The number of hydrogen-bond acceptors (Lipinski definition) is 3. The molecule has 0 saturated carbocycles. The molecule has 4 nitrogen and oxygen atoms in total. The summed E-state index contributed by atoms with van der Waals surface area (Å²) in [6, 6.07) is 0.241. The molecule has 0 radical (unpaired) electrons. The van der Waals surface area contributed by atoms with Crippen molar-refractivity contribution >= 4 is 27.8 Å². The van der Waals surface area contributed by atoms with Crippen LogP contribution >= 0.6 is 15.9 Å². The number of rotatable bonds is 28. The summed E-state index contributed by atoms with van der Waals surface area (Å²) < 4.78 is 5.43. The third-order valence-electron chi connectivity index (χ3n) is 7.65. The molecule has 0 bridgehead atoms. The highest BCUT2D eigenvalue weighted by Crippen LogP contribution is 2.17. The molecule has 1 amide bonds. The maximum atomic E-state index is 12.6. The van der Waals surface area contributed by atoms with Crippen LogP contribution in [0.25, 0.3) is 0 Å². The summed E-state index contributed by atoms with van der Waals surface area (Å²) in [7, 11) is 0. The van der Waals surface area contributed by atoms with E-state index in [4.69, 9.17) is 4.74 Å². The topological polar surface area (TPSA) is 46.6 Å². The van der Waals surface area contributed by atoms with Crippen molar-refractivity contribution in [3.8, 4) is 0 Å². The first-order valence-corrected chi connectivity index (χ1v) is 17.6. The van der Waals surface area contributed by atoms with Gasteiger partial charge in [0.25, 0.3) is 0 Å². The van der Waals surface area contributed by atoms with Gasteiger partial charge in [-0.05, 0) is 51.9 Å². The highest BCUT2D eigenvalue weighted by Gasteiger charge is 2.16. The highest BCUT2D eigenvalue weighted by atomic mass is 79.9. The number of alkyl halides is 1. The maximum Gasteiger partial charge on any atom is 0.305 e. The number of halogens is 1. The summed E-state index contributed by atoms with van der Waals surface area (Å²) in [6.07, 6.45) is 25.5. The summed E-state index contributed by atoms with van der Waals surface area (Å²) in [5.41, 5.74) is 0. The summed E-state index contributed by atoms with van der Waals surface area (Å²) in [6.45, 7) is 10.3. The van der Waals surface area contributed by atoms with E-state index in [0.29, 0.717) is 19.4 Å². The van der Waals surface area contributed by atoms with Gasteiger partial charge in [0.2, 0.25) is 5.91 Å². The van der Waals surface area contributed by atoms with Gasteiger partial charge in [-0.1, -0.05) is 126 Å². The first kappa shape index (κ1) is 37.4. The fourth-order valence-corrected chi connectivity index (χ4v) is 5.45. The van der Waals surface area contributed by atoms with E-state index in [2.05, 4.69) is 43.6 Å².